The van der Waals surface area contributed by atoms with Crippen LogP contribution in [0, 0.1) is 5.92 Å². The van der Waals surface area contributed by atoms with Crippen LogP contribution in [0.4, 0.5) is 0 Å². The molecule has 0 aromatic heterocycles. The molecule has 1 heterocycles. The predicted octanol–water partition coefficient (Wildman–Crippen LogP) is 2.33. The molecule has 2 rings (SSSR count). The average Bonchev–Trinajstić information content (AvgIpc) is 2.23. The van der Waals surface area contributed by atoms with Crippen LogP contribution < -0.4 is 5.32 Å². The molecule has 1 saturated carbocycles. The Hall–Kier alpha value is -0.0800. The van der Waals surface area contributed by atoms with E-state index in [1.54, 1.807) is 0 Å². The maximum Gasteiger partial charge on any atom is 0.0619 e. The van der Waals surface area contributed by atoms with Crippen molar-refractivity contribution < 1.29 is 4.74 Å². The van der Waals surface area contributed by atoms with Gasteiger partial charge in [-0.3, -0.25) is 0 Å². The van der Waals surface area contributed by atoms with E-state index in [-0.39, 0.29) is 0 Å². The summed E-state index contributed by atoms with van der Waals surface area (Å²) in [6.07, 6.45) is 8.17. The zero-order valence-corrected chi connectivity index (χ0v) is 9.30. The summed E-state index contributed by atoms with van der Waals surface area (Å²) in [5.74, 6) is 0.866. The number of hydrogen-bond donors (Lipinski definition) is 1. The summed E-state index contributed by atoms with van der Waals surface area (Å²) < 4.78 is 5.50. The van der Waals surface area contributed by atoms with Gasteiger partial charge in [0.2, 0.25) is 0 Å². The third-order valence-electron chi connectivity index (χ3n) is 3.72. The summed E-state index contributed by atoms with van der Waals surface area (Å²) in [4.78, 5) is 0. The molecule has 1 saturated heterocycles. The molecule has 0 radical (unpaired) electrons. The van der Waals surface area contributed by atoms with E-state index >= 15 is 0 Å². The Labute approximate surface area is 87.4 Å². The molecular weight excluding hydrogens is 174 g/mol. The molecule has 3 unspecified atom stereocenters. The third kappa shape index (κ3) is 2.71. The summed E-state index contributed by atoms with van der Waals surface area (Å²) in [6.45, 7) is 4.29. The van der Waals surface area contributed by atoms with Crippen molar-refractivity contribution >= 4 is 0 Å². The molecule has 0 aromatic carbocycles. The van der Waals surface area contributed by atoms with E-state index in [1.165, 1.54) is 38.5 Å². The Kier molecular flexibility index (Phi) is 3.82. The van der Waals surface area contributed by atoms with Gasteiger partial charge in [0.25, 0.3) is 0 Å². The Morgan fingerprint density at radius 2 is 1.93 bits per heavy atom. The minimum Gasteiger partial charge on any atom is -0.380 e. The van der Waals surface area contributed by atoms with Gasteiger partial charge >= 0.3 is 0 Å². The second kappa shape index (κ2) is 5.13. The van der Waals surface area contributed by atoms with Crippen molar-refractivity contribution in [2.24, 2.45) is 5.92 Å². The predicted molar refractivity (Wildman–Crippen MR) is 58.4 cm³/mol. The molecule has 82 valence electrons. The summed E-state index contributed by atoms with van der Waals surface area (Å²) >= 11 is 0. The molecule has 2 fully saturated rings. The Morgan fingerprint density at radius 3 is 2.64 bits per heavy atom. The van der Waals surface area contributed by atoms with Crippen molar-refractivity contribution in [3.8, 4) is 0 Å². The van der Waals surface area contributed by atoms with Crippen molar-refractivity contribution in [3.05, 3.63) is 0 Å². The zero-order chi connectivity index (χ0) is 9.80. The fourth-order valence-corrected chi connectivity index (χ4v) is 2.74. The van der Waals surface area contributed by atoms with Crippen LogP contribution in [0.15, 0.2) is 0 Å². The van der Waals surface area contributed by atoms with Crippen molar-refractivity contribution in [2.75, 3.05) is 13.2 Å². The van der Waals surface area contributed by atoms with Gasteiger partial charge in [-0.25, -0.2) is 0 Å². The highest BCUT2D eigenvalue weighted by Crippen LogP contribution is 2.24. The molecule has 2 aliphatic rings. The van der Waals surface area contributed by atoms with Gasteiger partial charge in [0, 0.05) is 18.7 Å². The molecule has 3 atom stereocenters. The van der Waals surface area contributed by atoms with E-state index in [0.29, 0.717) is 6.04 Å². The van der Waals surface area contributed by atoms with Crippen LogP contribution >= 0.6 is 0 Å². The van der Waals surface area contributed by atoms with E-state index < -0.39 is 0 Å². The highest BCUT2D eigenvalue weighted by atomic mass is 16.5. The molecular formula is C12H23NO. The number of hydrogen-bond acceptors (Lipinski definition) is 2. The second-order valence-corrected chi connectivity index (χ2v) is 4.95. The van der Waals surface area contributed by atoms with Crippen molar-refractivity contribution in [2.45, 2.75) is 57.5 Å². The fourth-order valence-electron chi connectivity index (χ4n) is 2.74. The second-order valence-electron chi connectivity index (χ2n) is 4.95. The lowest BCUT2D eigenvalue weighted by Crippen LogP contribution is -2.46. The molecule has 14 heavy (non-hydrogen) atoms. The number of nitrogens with one attached hydrogen (secondary N) is 1. The van der Waals surface area contributed by atoms with Crippen LogP contribution in [0.1, 0.15) is 45.4 Å². The third-order valence-corrected chi connectivity index (χ3v) is 3.72. The van der Waals surface area contributed by atoms with E-state index in [9.17, 15) is 0 Å². The smallest absolute Gasteiger partial charge is 0.0619 e. The maximum atomic E-state index is 5.50. The molecule has 2 heteroatoms. The molecule has 1 aliphatic carbocycles. The van der Waals surface area contributed by atoms with Crippen molar-refractivity contribution in [1.82, 2.24) is 5.32 Å². The van der Waals surface area contributed by atoms with Gasteiger partial charge in [-0.05, 0) is 31.6 Å². The number of rotatable bonds is 2. The van der Waals surface area contributed by atoms with Crippen LogP contribution in [0.2, 0.25) is 0 Å². The van der Waals surface area contributed by atoms with Gasteiger partial charge in [0.1, 0.15) is 0 Å². The van der Waals surface area contributed by atoms with Crippen LogP contribution in [-0.4, -0.2) is 25.3 Å². The first-order valence-corrected chi connectivity index (χ1v) is 6.20. The topological polar surface area (TPSA) is 21.3 Å². The van der Waals surface area contributed by atoms with Crippen LogP contribution in [0.5, 0.6) is 0 Å². The minimum absolute atomic E-state index is 0.634. The molecule has 0 spiro atoms. The average molecular weight is 197 g/mol. The first-order valence-electron chi connectivity index (χ1n) is 6.20. The van der Waals surface area contributed by atoms with Gasteiger partial charge in [-0.15, -0.1) is 0 Å². The van der Waals surface area contributed by atoms with Crippen molar-refractivity contribution in [1.29, 1.82) is 0 Å². The first kappa shape index (κ1) is 10.4. The number of ether oxygens (including phenoxy) is 1. The molecule has 1 aliphatic heterocycles. The Balaban J connectivity index is 1.76. The first-order chi connectivity index (χ1) is 6.86. The lowest BCUT2D eigenvalue weighted by atomic mass is 9.85. The molecule has 0 amide bonds. The Bertz CT molecular complexity index is 166. The van der Waals surface area contributed by atoms with E-state index in [1.807, 2.05) is 0 Å². The SMILES string of the molecule is CC1CCCCC1NC1CCCOC1. The highest BCUT2D eigenvalue weighted by Gasteiger charge is 2.24. The van der Waals surface area contributed by atoms with Crippen LogP contribution in [0.25, 0.3) is 0 Å². The van der Waals surface area contributed by atoms with Crippen LogP contribution in [-0.2, 0) is 4.74 Å². The standard InChI is InChI=1S/C12H23NO/c1-10-5-2-3-7-12(10)13-11-6-4-8-14-9-11/h10-13H,2-9H2,1H3. The zero-order valence-electron chi connectivity index (χ0n) is 9.30. The van der Waals surface area contributed by atoms with Gasteiger partial charge in [-0.1, -0.05) is 19.8 Å². The van der Waals surface area contributed by atoms with Crippen LogP contribution in [0.3, 0.4) is 0 Å². The van der Waals surface area contributed by atoms with Gasteiger partial charge in [-0.2, -0.15) is 0 Å². The minimum atomic E-state index is 0.634. The van der Waals surface area contributed by atoms with Gasteiger partial charge in [0.15, 0.2) is 0 Å². The monoisotopic (exact) mass is 197 g/mol. The van der Waals surface area contributed by atoms with E-state index in [4.69, 9.17) is 4.74 Å². The largest absolute Gasteiger partial charge is 0.380 e. The lowest BCUT2D eigenvalue weighted by molar-refractivity contribution is 0.0606. The molecule has 2 nitrogen and oxygen atoms in total. The Morgan fingerprint density at radius 1 is 1.07 bits per heavy atom. The highest BCUT2D eigenvalue weighted by molar-refractivity contribution is 4.82. The molecule has 1 N–H and O–H groups in total. The summed E-state index contributed by atoms with van der Waals surface area (Å²) in [6, 6.07) is 1.39. The van der Waals surface area contributed by atoms with Gasteiger partial charge < -0.3 is 10.1 Å². The fraction of sp³-hybridized carbons (Fsp3) is 1.00. The van der Waals surface area contributed by atoms with E-state index in [2.05, 4.69) is 12.2 Å². The molecule has 0 bridgehead atoms. The summed E-state index contributed by atoms with van der Waals surface area (Å²) in [5, 5.41) is 3.78. The lowest BCUT2D eigenvalue weighted by Gasteiger charge is -2.34. The summed E-state index contributed by atoms with van der Waals surface area (Å²) in [5.41, 5.74) is 0. The molecule has 0 aromatic rings. The van der Waals surface area contributed by atoms with Gasteiger partial charge in [0.05, 0.1) is 6.61 Å². The van der Waals surface area contributed by atoms with E-state index in [0.717, 1.165) is 25.2 Å². The maximum absolute atomic E-state index is 5.50. The summed E-state index contributed by atoms with van der Waals surface area (Å²) in [7, 11) is 0. The van der Waals surface area contributed by atoms with Crippen molar-refractivity contribution in [3.63, 3.8) is 0 Å². The normalized spacial score (nSPS) is 39.6. The quantitative estimate of drug-likeness (QED) is 0.733.